The van der Waals surface area contributed by atoms with Crippen LogP contribution in [0.15, 0.2) is 0 Å². The molecule has 0 bridgehead atoms. The number of aliphatic hydroxyl groups excluding tert-OH is 1. The second-order valence-corrected chi connectivity index (χ2v) is 2.10. The lowest BCUT2D eigenvalue weighted by molar-refractivity contribution is 0.162. The van der Waals surface area contributed by atoms with Crippen LogP contribution in [0.1, 0.15) is 26.7 Å². The van der Waals surface area contributed by atoms with Crippen LogP contribution in [0.25, 0.3) is 0 Å². The second-order valence-electron chi connectivity index (χ2n) is 2.10. The van der Waals surface area contributed by atoms with E-state index in [1.807, 2.05) is 13.8 Å². The molecule has 1 heterocycles. The highest BCUT2D eigenvalue weighted by atomic mass is 16.5. The lowest BCUT2D eigenvalue weighted by Gasteiger charge is -1.86. The van der Waals surface area contributed by atoms with Crippen molar-refractivity contribution in [3.05, 3.63) is 0 Å². The van der Waals surface area contributed by atoms with Gasteiger partial charge in [0.05, 0.1) is 0 Å². The fraction of sp³-hybridized carbons (Fsp3) is 1.00. The monoisotopic (exact) mass is 178 g/mol. The highest BCUT2D eigenvalue weighted by Gasteiger charge is 1.94. The van der Waals surface area contributed by atoms with E-state index in [1.54, 1.807) is 0 Å². The van der Waals surface area contributed by atoms with E-state index in [2.05, 4.69) is 0 Å². The van der Waals surface area contributed by atoms with E-state index in [0.717, 1.165) is 33.5 Å². The molecule has 0 unspecified atom stereocenters. The third-order valence-electron chi connectivity index (χ3n) is 1.24. The van der Waals surface area contributed by atoms with Gasteiger partial charge in [0.1, 0.15) is 0 Å². The molecule has 3 heteroatoms. The van der Waals surface area contributed by atoms with Gasteiger partial charge in [-0.1, -0.05) is 0 Å². The zero-order chi connectivity index (χ0) is 9.66. The molecule has 0 aromatic heterocycles. The zero-order valence-electron chi connectivity index (χ0n) is 8.51. The standard InChI is InChI=1S/C4H8O.C4H10O.CH4O/c1-2-4-5-3-1;1-3-5-4-2;1-2/h1-4H2;3-4H2,1-2H3;2H,1H3. The van der Waals surface area contributed by atoms with E-state index in [-0.39, 0.29) is 0 Å². The summed E-state index contributed by atoms with van der Waals surface area (Å²) in [5.74, 6) is 0. The first-order chi connectivity index (χ1) is 5.91. The van der Waals surface area contributed by atoms with Gasteiger partial charge in [-0.05, 0) is 26.7 Å². The molecule has 1 rings (SSSR count). The zero-order valence-corrected chi connectivity index (χ0v) is 8.51. The summed E-state index contributed by atoms with van der Waals surface area (Å²) >= 11 is 0. The van der Waals surface area contributed by atoms with Crippen molar-refractivity contribution in [2.45, 2.75) is 26.7 Å². The summed E-state index contributed by atoms with van der Waals surface area (Å²) in [6.45, 7) is 7.67. The molecular weight excluding hydrogens is 156 g/mol. The minimum absolute atomic E-state index is 0.844. The maximum absolute atomic E-state index is 7.00. The Bertz CT molecular complexity index is 44.1. The number of hydrogen-bond donors (Lipinski definition) is 1. The molecule has 0 spiro atoms. The molecular formula is C9H22O3. The van der Waals surface area contributed by atoms with E-state index >= 15 is 0 Å². The maximum Gasteiger partial charge on any atom is 0.0466 e. The van der Waals surface area contributed by atoms with Gasteiger partial charge in [0.15, 0.2) is 0 Å². The predicted molar refractivity (Wildman–Crippen MR) is 50.4 cm³/mol. The Kier molecular flexibility index (Phi) is 20.5. The molecule has 0 aromatic carbocycles. The number of ether oxygens (including phenoxy) is 2. The lowest BCUT2D eigenvalue weighted by Crippen LogP contribution is -1.84. The van der Waals surface area contributed by atoms with Crippen LogP contribution in [0, 0.1) is 0 Å². The summed E-state index contributed by atoms with van der Waals surface area (Å²) in [5, 5.41) is 7.00. The van der Waals surface area contributed by atoms with E-state index in [0.29, 0.717) is 0 Å². The minimum atomic E-state index is 0.844. The molecule has 1 aliphatic rings. The number of hydrogen-bond acceptors (Lipinski definition) is 3. The smallest absolute Gasteiger partial charge is 0.0466 e. The molecule has 1 saturated heterocycles. The molecule has 1 N–H and O–H groups in total. The molecule has 0 aromatic rings. The van der Waals surface area contributed by atoms with Gasteiger partial charge in [-0.15, -0.1) is 0 Å². The van der Waals surface area contributed by atoms with Gasteiger partial charge in [-0.2, -0.15) is 0 Å². The Morgan fingerprint density at radius 1 is 1.08 bits per heavy atom. The van der Waals surface area contributed by atoms with Gasteiger partial charge in [0.2, 0.25) is 0 Å². The normalized spacial score (nSPS) is 14.0. The Balaban J connectivity index is 0. The second kappa shape index (κ2) is 17.1. The molecule has 0 saturated carbocycles. The first-order valence-electron chi connectivity index (χ1n) is 4.52. The molecule has 0 amide bonds. The summed E-state index contributed by atoms with van der Waals surface area (Å²) < 4.78 is 9.78. The summed E-state index contributed by atoms with van der Waals surface area (Å²) in [4.78, 5) is 0. The Hall–Kier alpha value is -0.120. The van der Waals surface area contributed by atoms with Crippen molar-refractivity contribution >= 4 is 0 Å². The van der Waals surface area contributed by atoms with Crippen LogP contribution < -0.4 is 0 Å². The van der Waals surface area contributed by atoms with Gasteiger partial charge >= 0.3 is 0 Å². The first-order valence-corrected chi connectivity index (χ1v) is 4.52. The van der Waals surface area contributed by atoms with Gasteiger partial charge in [-0.25, -0.2) is 0 Å². The Morgan fingerprint density at radius 3 is 1.58 bits per heavy atom. The van der Waals surface area contributed by atoms with Crippen molar-refractivity contribution in [3.63, 3.8) is 0 Å². The predicted octanol–water partition coefficient (Wildman–Crippen LogP) is 1.45. The van der Waals surface area contributed by atoms with Crippen LogP contribution in [0.2, 0.25) is 0 Å². The maximum atomic E-state index is 7.00. The van der Waals surface area contributed by atoms with Crippen molar-refractivity contribution in [1.82, 2.24) is 0 Å². The SMILES string of the molecule is C1CCOC1.CCOCC.CO. The first kappa shape index (κ1) is 14.4. The Morgan fingerprint density at radius 2 is 1.50 bits per heavy atom. The van der Waals surface area contributed by atoms with Gasteiger partial charge in [0.25, 0.3) is 0 Å². The van der Waals surface area contributed by atoms with Crippen LogP contribution in [-0.4, -0.2) is 38.6 Å². The topological polar surface area (TPSA) is 38.7 Å². The summed E-state index contributed by atoms with van der Waals surface area (Å²) in [7, 11) is 1.00. The molecule has 0 atom stereocenters. The molecule has 76 valence electrons. The van der Waals surface area contributed by atoms with Crippen molar-refractivity contribution in [3.8, 4) is 0 Å². The van der Waals surface area contributed by atoms with Crippen molar-refractivity contribution in [1.29, 1.82) is 0 Å². The van der Waals surface area contributed by atoms with Gasteiger partial charge in [-0.3, -0.25) is 0 Å². The highest BCUT2D eigenvalue weighted by molar-refractivity contribution is 4.43. The molecule has 3 nitrogen and oxygen atoms in total. The largest absolute Gasteiger partial charge is 0.400 e. The fourth-order valence-corrected chi connectivity index (χ4v) is 0.714. The van der Waals surface area contributed by atoms with Crippen molar-refractivity contribution in [2.24, 2.45) is 0 Å². The number of aliphatic hydroxyl groups is 1. The summed E-state index contributed by atoms with van der Waals surface area (Å²) in [6.07, 6.45) is 2.56. The van der Waals surface area contributed by atoms with Crippen molar-refractivity contribution in [2.75, 3.05) is 33.5 Å². The average molecular weight is 178 g/mol. The van der Waals surface area contributed by atoms with Crippen LogP contribution in [0.5, 0.6) is 0 Å². The van der Waals surface area contributed by atoms with Gasteiger partial charge < -0.3 is 14.6 Å². The van der Waals surface area contributed by atoms with E-state index in [4.69, 9.17) is 14.6 Å². The summed E-state index contributed by atoms with van der Waals surface area (Å²) in [6, 6.07) is 0. The third-order valence-corrected chi connectivity index (χ3v) is 1.24. The summed E-state index contributed by atoms with van der Waals surface area (Å²) in [5.41, 5.74) is 0. The van der Waals surface area contributed by atoms with E-state index in [1.165, 1.54) is 12.8 Å². The molecule has 1 fully saturated rings. The van der Waals surface area contributed by atoms with E-state index < -0.39 is 0 Å². The quantitative estimate of drug-likeness (QED) is 0.695. The van der Waals surface area contributed by atoms with Crippen LogP contribution in [-0.2, 0) is 9.47 Å². The Labute approximate surface area is 75.7 Å². The van der Waals surface area contributed by atoms with Crippen LogP contribution >= 0.6 is 0 Å². The average Bonchev–Trinajstić information content (AvgIpc) is 2.67. The van der Waals surface area contributed by atoms with Crippen LogP contribution in [0.4, 0.5) is 0 Å². The number of rotatable bonds is 2. The van der Waals surface area contributed by atoms with Crippen LogP contribution in [0.3, 0.4) is 0 Å². The minimum Gasteiger partial charge on any atom is -0.400 e. The van der Waals surface area contributed by atoms with Gasteiger partial charge in [0, 0.05) is 33.5 Å². The highest BCUT2D eigenvalue weighted by Crippen LogP contribution is 1.98. The van der Waals surface area contributed by atoms with E-state index in [9.17, 15) is 0 Å². The third kappa shape index (κ3) is 16.5. The molecule has 0 radical (unpaired) electrons. The molecule has 0 aliphatic carbocycles. The lowest BCUT2D eigenvalue weighted by atomic mass is 10.4. The molecule has 1 aliphatic heterocycles. The van der Waals surface area contributed by atoms with Crippen molar-refractivity contribution < 1.29 is 14.6 Å². The molecule has 12 heavy (non-hydrogen) atoms. The fourth-order valence-electron chi connectivity index (χ4n) is 0.714.